The highest BCUT2D eigenvalue weighted by molar-refractivity contribution is 7.09. The summed E-state index contributed by atoms with van der Waals surface area (Å²) in [5.41, 5.74) is 5.29. The van der Waals surface area contributed by atoms with Gasteiger partial charge in [-0.25, -0.2) is 4.79 Å². The van der Waals surface area contributed by atoms with E-state index in [0.717, 1.165) is 11.5 Å². The fraction of sp³-hybridized carbons (Fsp3) is 0.429. The van der Waals surface area contributed by atoms with E-state index >= 15 is 0 Å². The molecule has 1 aromatic heterocycles. The Bertz CT molecular complexity index is 376. The Morgan fingerprint density at radius 3 is 2.87 bits per heavy atom. The predicted octanol–water partition coefficient (Wildman–Crippen LogP) is 0.0339. The zero-order valence-electron chi connectivity index (χ0n) is 8.26. The second-order valence-corrected chi connectivity index (χ2v) is 3.09. The minimum Gasteiger partial charge on any atom is -0.464 e. The number of nitrogens with zero attached hydrogens (tertiary/aromatic N) is 3. The number of nitrogens with two attached hydrogens (primary N) is 1. The summed E-state index contributed by atoms with van der Waals surface area (Å²) in [7, 11) is 1.24. The van der Waals surface area contributed by atoms with Gasteiger partial charge in [0, 0.05) is 11.5 Å². The summed E-state index contributed by atoms with van der Waals surface area (Å²) in [6.07, 6.45) is 0. The molecule has 0 aliphatic heterocycles. The first kappa shape index (κ1) is 11.4. The van der Waals surface area contributed by atoms with Crippen LogP contribution in [-0.2, 0) is 14.4 Å². The average Bonchev–Trinajstić information content (AvgIpc) is 2.65. The van der Waals surface area contributed by atoms with E-state index in [0.29, 0.717) is 6.61 Å². The van der Waals surface area contributed by atoms with Crippen molar-refractivity contribution < 1.29 is 14.4 Å². The molecule has 1 rings (SSSR count). The number of aromatic nitrogens is 2. The zero-order chi connectivity index (χ0) is 11.3. The van der Waals surface area contributed by atoms with Gasteiger partial charge in [-0.15, -0.1) is 0 Å². The van der Waals surface area contributed by atoms with Gasteiger partial charge in [0.25, 0.3) is 0 Å². The molecule has 0 aliphatic rings. The van der Waals surface area contributed by atoms with Crippen LogP contribution in [0, 0.1) is 0 Å². The topological polar surface area (TPSA) is 99.7 Å². The van der Waals surface area contributed by atoms with Gasteiger partial charge in [-0.3, -0.25) is 0 Å². The number of nitrogen functional groups attached to an aromatic ring is 1. The number of anilines is 1. The molecule has 0 fully saturated rings. The lowest BCUT2D eigenvalue weighted by Crippen LogP contribution is -2.19. The summed E-state index contributed by atoms with van der Waals surface area (Å²) in [6, 6.07) is 0. The van der Waals surface area contributed by atoms with Gasteiger partial charge >= 0.3 is 5.97 Å². The van der Waals surface area contributed by atoms with Crippen molar-refractivity contribution in [1.82, 2.24) is 9.36 Å². The van der Waals surface area contributed by atoms with Gasteiger partial charge in [-0.2, -0.15) is 9.36 Å². The number of methoxy groups -OCH3 is 1. The predicted molar refractivity (Wildman–Crippen MR) is 54.5 cm³/mol. The molecular weight excluding hydrogens is 220 g/mol. The zero-order valence-corrected chi connectivity index (χ0v) is 9.08. The number of oxime groups is 1. The summed E-state index contributed by atoms with van der Waals surface area (Å²) in [5.74, 6) is -0.556. The molecule has 2 N–H and O–H groups in total. The van der Waals surface area contributed by atoms with Crippen molar-refractivity contribution in [2.45, 2.75) is 6.92 Å². The van der Waals surface area contributed by atoms with Gasteiger partial charge in [0.1, 0.15) is 6.61 Å². The maximum atomic E-state index is 11.3. The number of esters is 1. The molecule has 0 unspecified atom stereocenters. The van der Waals surface area contributed by atoms with Gasteiger partial charge in [-0.05, 0) is 6.92 Å². The Morgan fingerprint density at radius 1 is 1.67 bits per heavy atom. The molecule has 0 aliphatic carbocycles. The Balaban J connectivity index is 2.95. The van der Waals surface area contributed by atoms with Gasteiger partial charge in [0.15, 0.2) is 5.13 Å². The number of carbonyl (C=O) groups excluding carboxylic acids is 1. The third kappa shape index (κ3) is 2.88. The first-order chi connectivity index (χ1) is 7.19. The standard InChI is InChI=1S/C7H10N4O3S/c1-3-14-10-4(6(12)13-2)5-9-7(8)15-11-5/h3H2,1-2H3,(H2,8,9,11). The van der Waals surface area contributed by atoms with E-state index in [2.05, 4.69) is 19.3 Å². The van der Waals surface area contributed by atoms with Gasteiger partial charge in [0.05, 0.1) is 7.11 Å². The molecule has 0 radical (unpaired) electrons. The minimum absolute atomic E-state index is 0.0905. The molecule has 0 bridgehead atoms. The number of hydrogen-bond acceptors (Lipinski definition) is 8. The molecule has 8 heteroatoms. The lowest BCUT2D eigenvalue weighted by atomic mass is 10.4. The van der Waals surface area contributed by atoms with Crippen molar-refractivity contribution in [1.29, 1.82) is 0 Å². The second-order valence-electron chi connectivity index (χ2n) is 2.31. The molecule has 0 saturated carbocycles. The second kappa shape index (κ2) is 5.25. The fourth-order valence-corrected chi connectivity index (χ4v) is 1.16. The molecule has 0 amide bonds. The van der Waals surface area contributed by atoms with Crippen molar-refractivity contribution >= 4 is 28.3 Å². The van der Waals surface area contributed by atoms with Crippen LogP contribution in [0.25, 0.3) is 0 Å². The van der Waals surface area contributed by atoms with Crippen LogP contribution in [0.5, 0.6) is 0 Å². The van der Waals surface area contributed by atoms with Crippen molar-refractivity contribution in [2.75, 3.05) is 19.5 Å². The molecular formula is C7H10N4O3S. The first-order valence-corrected chi connectivity index (χ1v) is 4.84. The number of hydrogen-bond donors (Lipinski definition) is 1. The third-order valence-electron chi connectivity index (χ3n) is 1.32. The van der Waals surface area contributed by atoms with Crippen molar-refractivity contribution in [3.8, 4) is 0 Å². The maximum Gasteiger partial charge on any atom is 0.364 e. The van der Waals surface area contributed by atoms with Gasteiger partial charge < -0.3 is 15.3 Å². The quantitative estimate of drug-likeness (QED) is 0.445. The highest BCUT2D eigenvalue weighted by atomic mass is 32.1. The summed E-state index contributed by atoms with van der Waals surface area (Å²) in [5, 5.41) is 3.81. The monoisotopic (exact) mass is 230 g/mol. The fourth-order valence-electron chi connectivity index (χ4n) is 0.727. The largest absolute Gasteiger partial charge is 0.464 e. The van der Waals surface area contributed by atoms with Crippen LogP contribution in [-0.4, -0.2) is 34.8 Å². The summed E-state index contributed by atoms with van der Waals surface area (Å²) < 4.78 is 8.34. The van der Waals surface area contributed by atoms with Crippen LogP contribution in [0.4, 0.5) is 5.13 Å². The SMILES string of the molecule is CCON=C(C(=O)OC)c1nsc(N)n1. The van der Waals surface area contributed by atoms with Crippen LogP contribution >= 0.6 is 11.5 Å². The van der Waals surface area contributed by atoms with Crippen molar-refractivity contribution in [3.63, 3.8) is 0 Å². The minimum atomic E-state index is -0.666. The number of carbonyl (C=O) groups is 1. The highest BCUT2D eigenvalue weighted by Gasteiger charge is 2.20. The van der Waals surface area contributed by atoms with Crippen molar-refractivity contribution in [3.05, 3.63) is 5.82 Å². The normalized spacial score (nSPS) is 11.2. The number of ether oxygens (including phenoxy) is 1. The van der Waals surface area contributed by atoms with E-state index in [4.69, 9.17) is 10.6 Å². The first-order valence-electron chi connectivity index (χ1n) is 4.06. The van der Waals surface area contributed by atoms with Crippen LogP contribution in [0.1, 0.15) is 12.7 Å². The number of rotatable bonds is 4. The molecule has 0 aromatic carbocycles. The van der Waals surface area contributed by atoms with E-state index in [9.17, 15) is 4.79 Å². The van der Waals surface area contributed by atoms with Gasteiger partial charge in [-0.1, -0.05) is 5.16 Å². The maximum absolute atomic E-state index is 11.3. The Hall–Kier alpha value is -1.70. The molecule has 0 spiro atoms. The van der Waals surface area contributed by atoms with Crippen LogP contribution in [0.15, 0.2) is 5.16 Å². The molecule has 1 aromatic rings. The molecule has 0 saturated heterocycles. The third-order valence-corrected chi connectivity index (χ3v) is 1.86. The van der Waals surface area contributed by atoms with E-state index in [1.807, 2.05) is 0 Å². The summed E-state index contributed by atoms with van der Waals surface area (Å²) in [6.45, 7) is 2.07. The Morgan fingerprint density at radius 2 is 2.40 bits per heavy atom. The molecule has 7 nitrogen and oxygen atoms in total. The van der Waals surface area contributed by atoms with E-state index in [1.165, 1.54) is 7.11 Å². The van der Waals surface area contributed by atoms with E-state index in [1.54, 1.807) is 6.92 Å². The summed E-state index contributed by atoms with van der Waals surface area (Å²) >= 11 is 0.967. The molecule has 15 heavy (non-hydrogen) atoms. The van der Waals surface area contributed by atoms with Crippen LogP contribution in [0.3, 0.4) is 0 Å². The van der Waals surface area contributed by atoms with Crippen LogP contribution in [0.2, 0.25) is 0 Å². The smallest absolute Gasteiger partial charge is 0.364 e. The van der Waals surface area contributed by atoms with Gasteiger partial charge in [0.2, 0.25) is 11.5 Å². The lowest BCUT2D eigenvalue weighted by molar-refractivity contribution is -0.132. The average molecular weight is 230 g/mol. The Kier molecular flexibility index (Phi) is 3.98. The molecule has 0 atom stereocenters. The van der Waals surface area contributed by atoms with E-state index in [-0.39, 0.29) is 16.7 Å². The van der Waals surface area contributed by atoms with Crippen LogP contribution < -0.4 is 5.73 Å². The molecule has 82 valence electrons. The van der Waals surface area contributed by atoms with E-state index < -0.39 is 5.97 Å². The Labute approximate surface area is 90.1 Å². The molecule has 1 heterocycles. The summed E-state index contributed by atoms with van der Waals surface area (Å²) in [4.78, 5) is 19.8. The lowest BCUT2D eigenvalue weighted by Gasteiger charge is -1.99. The highest BCUT2D eigenvalue weighted by Crippen LogP contribution is 2.07. The van der Waals surface area contributed by atoms with Crippen molar-refractivity contribution in [2.24, 2.45) is 5.16 Å².